The summed E-state index contributed by atoms with van der Waals surface area (Å²) in [6.07, 6.45) is 5.80. The predicted octanol–water partition coefficient (Wildman–Crippen LogP) is 3.87. The fourth-order valence-electron chi connectivity index (χ4n) is 4.33. The Morgan fingerprint density at radius 3 is 2.69 bits per heavy atom. The van der Waals surface area contributed by atoms with E-state index >= 15 is 0 Å². The zero-order chi connectivity index (χ0) is 24.7. The fourth-order valence-corrected chi connectivity index (χ4v) is 4.33. The number of carbonyl (C=O) groups is 1. The Kier molecular flexibility index (Phi) is 6.22. The van der Waals surface area contributed by atoms with Gasteiger partial charge in [-0.05, 0) is 57.0 Å². The number of rotatable bonds is 6. The molecule has 0 radical (unpaired) electrons. The number of aryl methyl sites for hydroxylation is 1. The molecule has 5 rings (SSSR count). The molecule has 1 aromatic carbocycles. The number of nitrogens with zero attached hydrogens (tertiary/aromatic N) is 4. The van der Waals surface area contributed by atoms with Crippen LogP contribution in [0.4, 0.5) is 18.9 Å². The van der Waals surface area contributed by atoms with Crippen molar-refractivity contribution >= 4 is 11.6 Å². The van der Waals surface area contributed by atoms with Crippen LogP contribution < -0.4 is 10.6 Å². The van der Waals surface area contributed by atoms with Gasteiger partial charge < -0.3 is 15.5 Å². The molecule has 3 aromatic rings. The van der Waals surface area contributed by atoms with Gasteiger partial charge in [-0.15, -0.1) is 0 Å². The molecule has 1 aliphatic heterocycles. The number of aromatic nitrogens is 3. The number of alkyl halides is 1. The number of piperidine rings is 1. The van der Waals surface area contributed by atoms with E-state index < -0.39 is 23.8 Å². The van der Waals surface area contributed by atoms with Gasteiger partial charge in [0.1, 0.15) is 12.0 Å². The predicted molar refractivity (Wildman–Crippen MR) is 126 cm³/mol. The van der Waals surface area contributed by atoms with Gasteiger partial charge in [-0.1, -0.05) is 0 Å². The molecule has 1 saturated heterocycles. The van der Waals surface area contributed by atoms with Crippen LogP contribution in [0.25, 0.3) is 16.8 Å². The number of nitrogens with one attached hydrogen (secondary N) is 2. The highest BCUT2D eigenvalue weighted by atomic mass is 19.1. The van der Waals surface area contributed by atoms with Crippen LogP contribution in [0, 0.1) is 18.7 Å². The highest BCUT2D eigenvalue weighted by Gasteiger charge is 2.28. The van der Waals surface area contributed by atoms with Crippen molar-refractivity contribution in [2.75, 3.05) is 25.5 Å². The van der Waals surface area contributed by atoms with Crippen molar-refractivity contribution < 1.29 is 18.0 Å². The Morgan fingerprint density at radius 2 is 1.94 bits per heavy atom. The second kappa shape index (κ2) is 9.33. The summed E-state index contributed by atoms with van der Waals surface area (Å²) in [5.74, 6) is -1.76. The van der Waals surface area contributed by atoms with E-state index in [2.05, 4.69) is 20.7 Å². The van der Waals surface area contributed by atoms with Crippen LogP contribution in [-0.2, 0) is 0 Å². The van der Waals surface area contributed by atoms with Gasteiger partial charge in [0, 0.05) is 36.5 Å². The van der Waals surface area contributed by atoms with Crippen molar-refractivity contribution in [3.63, 3.8) is 0 Å². The van der Waals surface area contributed by atoms with Crippen LogP contribution in [0.1, 0.15) is 35.2 Å². The molecule has 2 N–H and O–H groups in total. The average Bonchev–Trinajstić information content (AvgIpc) is 3.49. The maximum Gasteiger partial charge on any atom is 0.254 e. The summed E-state index contributed by atoms with van der Waals surface area (Å²) in [5.41, 5.74) is 2.19. The Bertz CT molecular complexity index is 1260. The molecule has 2 fully saturated rings. The number of amides is 1. The molecule has 35 heavy (non-hydrogen) atoms. The quantitative estimate of drug-likeness (QED) is 0.520. The molecule has 2 atom stereocenters. The molecule has 0 unspecified atom stereocenters. The largest absolute Gasteiger partial charge is 0.378 e. The number of hydrogen-bond acceptors (Lipinski definition) is 5. The van der Waals surface area contributed by atoms with Gasteiger partial charge in [0.2, 0.25) is 5.95 Å². The van der Waals surface area contributed by atoms with Crippen molar-refractivity contribution in [2.24, 2.45) is 0 Å². The van der Waals surface area contributed by atoms with Gasteiger partial charge in [0.15, 0.2) is 0 Å². The topological polar surface area (TPSA) is 75.1 Å². The first-order valence-electron chi connectivity index (χ1n) is 11.7. The minimum atomic E-state index is -1.04. The molecular weight excluding hydrogens is 457 g/mol. The van der Waals surface area contributed by atoms with E-state index in [-0.39, 0.29) is 23.2 Å². The third-order valence-corrected chi connectivity index (χ3v) is 6.52. The second-order valence-corrected chi connectivity index (χ2v) is 9.42. The third kappa shape index (κ3) is 5.02. The van der Waals surface area contributed by atoms with Crippen LogP contribution in [-0.4, -0.2) is 64.0 Å². The van der Waals surface area contributed by atoms with E-state index in [0.717, 1.165) is 19.4 Å². The molecule has 3 heterocycles. The lowest BCUT2D eigenvalue weighted by Crippen LogP contribution is -2.46. The van der Waals surface area contributed by atoms with Crippen LogP contribution in [0.3, 0.4) is 0 Å². The molecule has 2 aromatic heterocycles. The second-order valence-electron chi connectivity index (χ2n) is 9.42. The number of halogens is 3. The van der Waals surface area contributed by atoms with E-state index in [1.807, 2.05) is 11.9 Å². The normalized spacial score (nSPS) is 20.6. The summed E-state index contributed by atoms with van der Waals surface area (Å²) < 4.78 is 45.1. The van der Waals surface area contributed by atoms with Gasteiger partial charge in [-0.25, -0.2) is 18.4 Å². The van der Waals surface area contributed by atoms with Crippen molar-refractivity contribution in [1.82, 2.24) is 25.0 Å². The molecule has 184 valence electrons. The molecular formula is C25H27F3N6O. The molecule has 0 spiro atoms. The lowest BCUT2D eigenvalue weighted by atomic mass is 10.0. The number of pyridine rings is 1. The van der Waals surface area contributed by atoms with Crippen LogP contribution in [0.5, 0.6) is 0 Å². The lowest BCUT2D eigenvalue weighted by molar-refractivity contribution is 0.0947. The van der Waals surface area contributed by atoms with E-state index in [9.17, 15) is 18.0 Å². The summed E-state index contributed by atoms with van der Waals surface area (Å²) >= 11 is 0. The van der Waals surface area contributed by atoms with Crippen molar-refractivity contribution in [3.8, 4) is 16.8 Å². The minimum Gasteiger partial charge on any atom is -0.378 e. The Balaban J connectivity index is 1.40. The summed E-state index contributed by atoms with van der Waals surface area (Å²) in [7, 11) is 1.88. The first-order valence-corrected chi connectivity index (χ1v) is 11.7. The summed E-state index contributed by atoms with van der Waals surface area (Å²) in [4.78, 5) is 18.2. The smallest absolute Gasteiger partial charge is 0.254 e. The standard InChI is InChI=1S/C25H27F3N6O/c1-14-7-20(26)19(25(35)32-16-3-4-16)9-23(14)34-12-15(10-30-34)18-8-17(11-29-24(18)28)31-22-5-6-33(2)13-21(22)27/h7-12,16,21-22,31H,3-6,13H2,1-2H3,(H,32,35)/t21-,22+/m1/s1. The molecule has 0 bridgehead atoms. The van der Waals surface area contributed by atoms with Gasteiger partial charge >= 0.3 is 0 Å². The molecule has 7 nitrogen and oxygen atoms in total. The molecule has 1 amide bonds. The molecule has 1 aliphatic carbocycles. The monoisotopic (exact) mass is 484 g/mol. The Morgan fingerprint density at radius 1 is 1.14 bits per heavy atom. The SMILES string of the molecule is Cc1cc(F)c(C(=O)NC2CC2)cc1-n1cc(-c2cc(N[C@H]3CCN(C)C[C@H]3F)cnc2F)cn1. The summed E-state index contributed by atoms with van der Waals surface area (Å²) in [6, 6.07) is 4.05. The van der Waals surface area contributed by atoms with Crippen LogP contribution >= 0.6 is 0 Å². The number of hydrogen-bond donors (Lipinski definition) is 2. The van der Waals surface area contributed by atoms with Gasteiger partial charge in [0.25, 0.3) is 5.91 Å². The van der Waals surface area contributed by atoms with Crippen LogP contribution in [0.15, 0.2) is 36.8 Å². The average molecular weight is 485 g/mol. The lowest BCUT2D eigenvalue weighted by Gasteiger charge is -2.33. The number of anilines is 1. The number of carbonyl (C=O) groups excluding carboxylic acids is 1. The minimum absolute atomic E-state index is 0.0625. The highest BCUT2D eigenvalue weighted by Crippen LogP contribution is 2.28. The summed E-state index contributed by atoms with van der Waals surface area (Å²) in [6.45, 7) is 2.82. The van der Waals surface area contributed by atoms with Gasteiger partial charge in [-0.2, -0.15) is 9.49 Å². The van der Waals surface area contributed by atoms with Crippen molar-refractivity contribution in [2.45, 2.75) is 44.4 Å². The van der Waals surface area contributed by atoms with Crippen molar-refractivity contribution in [3.05, 3.63) is 59.7 Å². The van der Waals surface area contributed by atoms with Gasteiger partial charge in [-0.3, -0.25) is 4.79 Å². The maximum atomic E-state index is 14.6. The summed E-state index contributed by atoms with van der Waals surface area (Å²) in [5, 5.41) is 10.2. The first-order chi connectivity index (χ1) is 16.8. The molecule has 2 aliphatic rings. The number of benzene rings is 1. The van der Waals surface area contributed by atoms with Gasteiger partial charge in [0.05, 0.1) is 35.4 Å². The van der Waals surface area contributed by atoms with E-state index in [1.54, 1.807) is 19.2 Å². The Hall–Kier alpha value is -3.40. The van der Waals surface area contributed by atoms with E-state index in [4.69, 9.17) is 0 Å². The number of likely N-dealkylation sites (tertiary alicyclic amines) is 1. The molecule has 1 saturated carbocycles. The maximum absolute atomic E-state index is 14.6. The first kappa shape index (κ1) is 23.3. The third-order valence-electron chi connectivity index (χ3n) is 6.52. The van der Waals surface area contributed by atoms with Crippen molar-refractivity contribution in [1.29, 1.82) is 0 Å². The van der Waals surface area contributed by atoms with Crippen LogP contribution in [0.2, 0.25) is 0 Å². The molecule has 10 heteroatoms. The highest BCUT2D eigenvalue weighted by molar-refractivity contribution is 5.95. The fraction of sp³-hybridized carbons (Fsp3) is 0.400. The zero-order valence-electron chi connectivity index (χ0n) is 19.6. The Labute approximate surface area is 201 Å². The van der Waals surface area contributed by atoms with E-state index in [0.29, 0.717) is 35.5 Å². The van der Waals surface area contributed by atoms with E-state index in [1.165, 1.54) is 29.2 Å². The zero-order valence-corrected chi connectivity index (χ0v) is 19.6.